The van der Waals surface area contributed by atoms with Gasteiger partial charge in [-0.15, -0.1) is 0 Å². The van der Waals surface area contributed by atoms with Crippen molar-refractivity contribution >= 4 is 22.8 Å². The molecule has 0 aliphatic carbocycles. The van der Waals surface area contributed by atoms with Gasteiger partial charge in [0.05, 0.1) is 0 Å². The topological polar surface area (TPSA) is 44.7 Å². The van der Waals surface area contributed by atoms with E-state index in [9.17, 15) is 4.79 Å². The van der Waals surface area contributed by atoms with E-state index in [1.165, 1.54) is 0 Å². The molecule has 1 aliphatic heterocycles. The summed E-state index contributed by atoms with van der Waals surface area (Å²) >= 11 is 1.74. The quantitative estimate of drug-likeness (QED) is 0.809. The number of aliphatic imine (C=N–C) groups is 1. The van der Waals surface area contributed by atoms with Gasteiger partial charge < -0.3 is 10.2 Å². The maximum Gasteiger partial charge on any atom is 0.223 e. The Morgan fingerprint density at radius 1 is 1.56 bits per heavy atom. The molecular formula is C11H21N3OS. The van der Waals surface area contributed by atoms with Crippen molar-refractivity contribution in [3.8, 4) is 0 Å². The van der Waals surface area contributed by atoms with Gasteiger partial charge in [-0.2, -0.15) is 0 Å². The zero-order valence-electron chi connectivity index (χ0n) is 10.5. The molecule has 1 amide bonds. The van der Waals surface area contributed by atoms with Crippen molar-refractivity contribution in [2.45, 2.75) is 20.3 Å². The summed E-state index contributed by atoms with van der Waals surface area (Å²) in [6.45, 7) is 5.97. The number of amidine groups is 1. The Hall–Kier alpha value is -0.710. The number of hydrogen-bond acceptors (Lipinski definition) is 4. The van der Waals surface area contributed by atoms with Crippen LogP contribution in [0.25, 0.3) is 0 Å². The van der Waals surface area contributed by atoms with Crippen molar-refractivity contribution < 1.29 is 4.79 Å². The highest BCUT2D eigenvalue weighted by Gasteiger charge is 2.23. The van der Waals surface area contributed by atoms with Crippen molar-refractivity contribution in [3.63, 3.8) is 0 Å². The average Bonchev–Trinajstić information content (AvgIpc) is 2.20. The standard InChI is InChI=1S/C11H21N3OS/c1-11(2)7-13-10(16-8-11)12-6-5-9(15)14(3)4/h5-8H2,1-4H3,(H,12,13). The second-order valence-corrected chi connectivity index (χ2v) is 6.00. The van der Waals surface area contributed by atoms with Crippen molar-refractivity contribution in [2.75, 3.05) is 32.9 Å². The number of carbonyl (C=O) groups is 1. The lowest BCUT2D eigenvalue weighted by atomic mass is 9.97. The van der Waals surface area contributed by atoms with Crippen LogP contribution in [0.2, 0.25) is 0 Å². The van der Waals surface area contributed by atoms with Crippen molar-refractivity contribution in [3.05, 3.63) is 0 Å². The Kier molecular flexibility index (Phi) is 4.65. The van der Waals surface area contributed by atoms with Crippen LogP contribution in [0.15, 0.2) is 4.99 Å². The molecule has 16 heavy (non-hydrogen) atoms. The summed E-state index contributed by atoms with van der Waals surface area (Å²) in [5.74, 6) is 1.23. The number of amides is 1. The molecule has 92 valence electrons. The molecule has 0 aromatic heterocycles. The highest BCUT2D eigenvalue weighted by Crippen LogP contribution is 2.26. The summed E-state index contributed by atoms with van der Waals surface area (Å²) in [4.78, 5) is 17.4. The van der Waals surface area contributed by atoms with E-state index in [2.05, 4.69) is 24.2 Å². The Morgan fingerprint density at radius 3 is 2.75 bits per heavy atom. The normalized spacial score (nSPS) is 18.9. The zero-order valence-corrected chi connectivity index (χ0v) is 11.4. The Morgan fingerprint density at radius 2 is 2.25 bits per heavy atom. The van der Waals surface area contributed by atoms with E-state index < -0.39 is 0 Å². The predicted octanol–water partition coefficient (Wildman–Crippen LogP) is 1.18. The van der Waals surface area contributed by atoms with Gasteiger partial charge in [0.25, 0.3) is 0 Å². The molecule has 1 heterocycles. The smallest absolute Gasteiger partial charge is 0.223 e. The van der Waals surface area contributed by atoms with E-state index in [0.717, 1.165) is 17.5 Å². The second kappa shape index (κ2) is 5.57. The van der Waals surface area contributed by atoms with Gasteiger partial charge >= 0.3 is 0 Å². The number of nitrogens with zero attached hydrogens (tertiary/aromatic N) is 2. The molecule has 0 radical (unpaired) electrons. The van der Waals surface area contributed by atoms with Gasteiger partial charge in [0.2, 0.25) is 5.91 Å². The fourth-order valence-electron chi connectivity index (χ4n) is 1.25. The fourth-order valence-corrected chi connectivity index (χ4v) is 2.23. The summed E-state index contributed by atoms with van der Waals surface area (Å²) < 4.78 is 0. The summed E-state index contributed by atoms with van der Waals surface area (Å²) in [6.07, 6.45) is 0.524. The minimum atomic E-state index is 0.147. The highest BCUT2D eigenvalue weighted by molar-refractivity contribution is 8.13. The number of nitrogens with one attached hydrogen (secondary N) is 1. The Balaban J connectivity index is 2.25. The van der Waals surface area contributed by atoms with Crippen molar-refractivity contribution in [2.24, 2.45) is 10.4 Å². The summed E-state index contributed by atoms with van der Waals surface area (Å²) in [6, 6.07) is 0. The van der Waals surface area contributed by atoms with Gasteiger partial charge in [0.15, 0.2) is 5.17 Å². The summed E-state index contributed by atoms with van der Waals surface area (Å²) in [5, 5.41) is 4.19. The fraction of sp³-hybridized carbons (Fsp3) is 0.818. The third-order valence-corrected chi connectivity index (χ3v) is 3.84. The molecule has 0 aromatic rings. The highest BCUT2D eigenvalue weighted by atomic mass is 32.2. The number of thioether (sulfide) groups is 1. The molecule has 1 N–H and O–H groups in total. The molecule has 0 atom stereocenters. The molecule has 0 bridgehead atoms. The molecule has 0 spiro atoms. The monoisotopic (exact) mass is 243 g/mol. The van der Waals surface area contributed by atoms with E-state index in [1.54, 1.807) is 30.8 Å². The second-order valence-electron chi connectivity index (χ2n) is 5.04. The maximum atomic E-state index is 11.3. The maximum absolute atomic E-state index is 11.3. The van der Waals surface area contributed by atoms with E-state index in [-0.39, 0.29) is 5.91 Å². The molecule has 0 aromatic carbocycles. The molecule has 0 saturated carbocycles. The van der Waals surface area contributed by atoms with Gasteiger partial charge in [-0.1, -0.05) is 25.6 Å². The summed E-state index contributed by atoms with van der Waals surface area (Å²) in [7, 11) is 3.55. The molecule has 0 fully saturated rings. The molecule has 0 unspecified atom stereocenters. The molecule has 5 heteroatoms. The van der Waals surface area contributed by atoms with Crippen molar-refractivity contribution in [1.29, 1.82) is 0 Å². The van der Waals surface area contributed by atoms with Crippen LogP contribution < -0.4 is 5.32 Å². The molecular weight excluding hydrogens is 222 g/mol. The number of rotatable bonds is 3. The van der Waals surface area contributed by atoms with E-state index in [4.69, 9.17) is 0 Å². The average molecular weight is 243 g/mol. The lowest BCUT2D eigenvalue weighted by Crippen LogP contribution is -2.33. The van der Waals surface area contributed by atoms with Crippen molar-refractivity contribution in [1.82, 2.24) is 10.2 Å². The zero-order chi connectivity index (χ0) is 12.2. The van der Waals surface area contributed by atoms with Crippen LogP contribution in [-0.2, 0) is 4.79 Å². The molecule has 1 rings (SSSR count). The van der Waals surface area contributed by atoms with Crippen LogP contribution in [-0.4, -0.2) is 48.9 Å². The van der Waals surface area contributed by atoms with Crippen LogP contribution in [0.3, 0.4) is 0 Å². The molecule has 0 saturated heterocycles. The van der Waals surface area contributed by atoms with Gasteiger partial charge in [0, 0.05) is 39.4 Å². The van der Waals surface area contributed by atoms with E-state index >= 15 is 0 Å². The molecule has 1 aliphatic rings. The first-order valence-corrected chi connectivity index (χ1v) is 6.50. The van der Waals surface area contributed by atoms with Crippen LogP contribution in [0.1, 0.15) is 20.3 Å². The first kappa shape index (κ1) is 13.4. The third kappa shape index (κ3) is 4.43. The lowest BCUT2D eigenvalue weighted by Gasteiger charge is -2.27. The minimum Gasteiger partial charge on any atom is -0.364 e. The van der Waals surface area contributed by atoms with Crippen LogP contribution in [0.4, 0.5) is 0 Å². The first-order chi connectivity index (χ1) is 7.41. The van der Waals surface area contributed by atoms with Crippen LogP contribution >= 0.6 is 11.8 Å². The predicted molar refractivity (Wildman–Crippen MR) is 69.9 cm³/mol. The Bertz CT molecular complexity index is 287. The van der Waals surface area contributed by atoms with Crippen LogP contribution in [0, 0.1) is 5.41 Å². The summed E-state index contributed by atoms with van der Waals surface area (Å²) in [5.41, 5.74) is 0.301. The number of hydrogen-bond donors (Lipinski definition) is 1. The van der Waals surface area contributed by atoms with E-state index in [1.807, 2.05) is 0 Å². The minimum absolute atomic E-state index is 0.147. The van der Waals surface area contributed by atoms with Gasteiger partial charge in [-0.25, -0.2) is 0 Å². The van der Waals surface area contributed by atoms with Gasteiger partial charge in [-0.05, 0) is 5.41 Å². The number of carbonyl (C=O) groups excluding carboxylic acids is 1. The van der Waals surface area contributed by atoms with Crippen LogP contribution in [0.5, 0.6) is 0 Å². The first-order valence-electron chi connectivity index (χ1n) is 5.52. The lowest BCUT2D eigenvalue weighted by molar-refractivity contribution is -0.128. The molecule has 4 nitrogen and oxygen atoms in total. The van der Waals surface area contributed by atoms with Gasteiger partial charge in [0.1, 0.15) is 0 Å². The largest absolute Gasteiger partial charge is 0.364 e. The third-order valence-electron chi connectivity index (χ3n) is 2.36. The Labute approximate surface area is 102 Å². The van der Waals surface area contributed by atoms with Gasteiger partial charge in [-0.3, -0.25) is 9.79 Å². The SMILES string of the molecule is CN(C)C(=O)CCNC1=NCC(C)(C)CS1. The van der Waals surface area contributed by atoms with E-state index in [0.29, 0.717) is 18.4 Å².